The highest BCUT2D eigenvalue weighted by atomic mass is 32.2. The van der Waals surface area contributed by atoms with Gasteiger partial charge in [0.1, 0.15) is 0 Å². The lowest BCUT2D eigenvalue weighted by Crippen LogP contribution is -2.27. The van der Waals surface area contributed by atoms with Gasteiger partial charge >= 0.3 is 0 Å². The van der Waals surface area contributed by atoms with Crippen molar-refractivity contribution in [3.05, 3.63) is 71.8 Å². The van der Waals surface area contributed by atoms with Gasteiger partial charge in [-0.2, -0.15) is 5.10 Å². The van der Waals surface area contributed by atoms with E-state index in [1.54, 1.807) is 11.8 Å². The Labute approximate surface area is 135 Å². The normalized spacial score (nSPS) is 12.7. The van der Waals surface area contributed by atoms with Crippen LogP contribution in [0.15, 0.2) is 65.8 Å². The first-order valence-corrected chi connectivity index (χ1v) is 8.27. The average Bonchev–Trinajstić information content (AvgIpc) is 2.58. The van der Waals surface area contributed by atoms with E-state index in [9.17, 15) is 4.79 Å². The SMILES string of the molecule is C/C(=N/NC(=O)[C@@H](C)SCc1ccccc1)c1ccccc1. The van der Waals surface area contributed by atoms with Crippen LogP contribution in [0.3, 0.4) is 0 Å². The third kappa shape index (κ3) is 5.04. The summed E-state index contributed by atoms with van der Waals surface area (Å²) in [6.45, 7) is 3.79. The number of nitrogens with one attached hydrogen (secondary N) is 1. The van der Waals surface area contributed by atoms with E-state index < -0.39 is 0 Å². The Hall–Kier alpha value is -2.07. The largest absolute Gasteiger partial charge is 0.272 e. The molecule has 1 amide bonds. The molecule has 0 spiro atoms. The molecule has 2 aromatic carbocycles. The second-order valence-electron chi connectivity index (χ2n) is 4.98. The van der Waals surface area contributed by atoms with Gasteiger partial charge in [0, 0.05) is 5.75 Å². The summed E-state index contributed by atoms with van der Waals surface area (Å²) < 4.78 is 0. The highest BCUT2D eigenvalue weighted by Crippen LogP contribution is 2.17. The Morgan fingerprint density at radius 3 is 2.32 bits per heavy atom. The summed E-state index contributed by atoms with van der Waals surface area (Å²) in [7, 11) is 0. The number of carbonyl (C=O) groups is 1. The number of thioether (sulfide) groups is 1. The fourth-order valence-corrected chi connectivity index (χ4v) is 2.68. The van der Waals surface area contributed by atoms with Crippen LogP contribution in [0, 0.1) is 0 Å². The summed E-state index contributed by atoms with van der Waals surface area (Å²) in [5.74, 6) is 0.743. The number of benzene rings is 2. The first kappa shape index (κ1) is 16.3. The Balaban J connectivity index is 1.84. The zero-order chi connectivity index (χ0) is 15.8. The zero-order valence-electron chi connectivity index (χ0n) is 12.8. The summed E-state index contributed by atoms with van der Waals surface area (Å²) in [5, 5.41) is 4.03. The number of nitrogens with zero attached hydrogens (tertiary/aromatic N) is 1. The molecule has 0 aliphatic carbocycles. The minimum absolute atomic E-state index is 0.0730. The van der Waals surface area contributed by atoms with E-state index >= 15 is 0 Å². The lowest BCUT2D eigenvalue weighted by Gasteiger charge is -2.10. The molecule has 0 fully saturated rings. The van der Waals surface area contributed by atoms with Crippen molar-refractivity contribution in [1.82, 2.24) is 5.43 Å². The standard InChI is InChI=1S/C18H20N2OS/c1-14(17-11-7-4-8-12-17)19-20-18(21)15(2)22-13-16-9-5-3-6-10-16/h3-12,15H,13H2,1-2H3,(H,20,21)/b19-14-/t15-/m1/s1. The van der Waals surface area contributed by atoms with Crippen molar-refractivity contribution in [2.75, 3.05) is 0 Å². The lowest BCUT2D eigenvalue weighted by molar-refractivity contribution is -0.120. The van der Waals surface area contributed by atoms with Crippen LogP contribution in [0.4, 0.5) is 0 Å². The molecule has 0 saturated heterocycles. The number of hydrogen-bond donors (Lipinski definition) is 1. The van der Waals surface area contributed by atoms with Gasteiger partial charge in [-0.05, 0) is 25.0 Å². The second-order valence-corrected chi connectivity index (χ2v) is 6.31. The van der Waals surface area contributed by atoms with E-state index in [1.807, 2.05) is 62.4 Å². The van der Waals surface area contributed by atoms with E-state index in [-0.39, 0.29) is 11.2 Å². The summed E-state index contributed by atoms with van der Waals surface area (Å²) in [5.41, 5.74) is 5.67. The van der Waals surface area contributed by atoms with Crippen molar-refractivity contribution in [3.63, 3.8) is 0 Å². The van der Waals surface area contributed by atoms with Gasteiger partial charge in [-0.15, -0.1) is 11.8 Å². The molecule has 0 bridgehead atoms. The monoisotopic (exact) mass is 312 g/mol. The average molecular weight is 312 g/mol. The van der Waals surface area contributed by atoms with Crippen molar-refractivity contribution in [2.45, 2.75) is 24.9 Å². The molecular weight excluding hydrogens is 292 g/mol. The van der Waals surface area contributed by atoms with Crippen LogP contribution >= 0.6 is 11.8 Å². The predicted octanol–water partition coefficient (Wildman–Crippen LogP) is 3.85. The zero-order valence-corrected chi connectivity index (χ0v) is 13.6. The molecule has 2 rings (SSSR count). The van der Waals surface area contributed by atoms with Crippen LogP contribution in [-0.4, -0.2) is 16.9 Å². The van der Waals surface area contributed by atoms with Crippen molar-refractivity contribution in [2.24, 2.45) is 5.10 Å². The molecule has 0 saturated carbocycles. The summed E-state index contributed by atoms with van der Waals surface area (Å²) >= 11 is 1.60. The van der Waals surface area contributed by atoms with E-state index in [4.69, 9.17) is 0 Å². The topological polar surface area (TPSA) is 41.5 Å². The van der Waals surface area contributed by atoms with Crippen LogP contribution in [0.2, 0.25) is 0 Å². The highest BCUT2D eigenvalue weighted by molar-refractivity contribution is 7.99. The highest BCUT2D eigenvalue weighted by Gasteiger charge is 2.12. The van der Waals surface area contributed by atoms with Gasteiger partial charge in [-0.25, -0.2) is 5.43 Å². The van der Waals surface area contributed by atoms with Gasteiger partial charge in [0.25, 0.3) is 5.91 Å². The molecule has 0 aliphatic heterocycles. The number of hydrogen-bond acceptors (Lipinski definition) is 3. The molecule has 1 N–H and O–H groups in total. The van der Waals surface area contributed by atoms with Crippen LogP contribution in [0.1, 0.15) is 25.0 Å². The van der Waals surface area contributed by atoms with E-state index in [2.05, 4.69) is 22.7 Å². The Morgan fingerprint density at radius 2 is 1.68 bits per heavy atom. The van der Waals surface area contributed by atoms with Gasteiger partial charge in [0.2, 0.25) is 0 Å². The number of hydrazone groups is 1. The fourth-order valence-electron chi connectivity index (χ4n) is 1.84. The summed E-state index contributed by atoms with van der Waals surface area (Å²) in [6.07, 6.45) is 0. The fraction of sp³-hybridized carbons (Fsp3) is 0.222. The van der Waals surface area contributed by atoms with Crippen molar-refractivity contribution < 1.29 is 4.79 Å². The molecule has 0 aromatic heterocycles. The van der Waals surface area contributed by atoms with Crippen molar-refractivity contribution >= 4 is 23.4 Å². The molecule has 4 heteroatoms. The van der Waals surface area contributed by atoms with Gasteiger partial charge < -0.3 is 0 Å². The lowest BCUT2D eigenvalue weighted by atomic mass is 10.1. The van der Waals surface area contributed by atoms with Gasteiger partial charge in [0.05, 0.1) is 11.0 Å². The van der Waals surface area contributed by atoms with Crippen LogP contribution in [-0.2, 0) is 10.5 Å². The Morgan fingerprint density at radius 1 is 1.09 bits per heavy atom. The molecule has 114 valence electrons. The molecule has 2 aromatic rings. The van der Waals surface area contributed by atoms with E-state index in [1.165, 1.54) is 5.56 Å². The third-order valence-electron chi connectivity index (χ3n) is 3.24. The van der Waals surface area contributed by atoms with Gasteiger partial charge in [-0.1, -0.05) is 60.7 Å². The van der Waals surface area contributed by atoms with Gasteiger partial charge in [-0.3, -0.25) is 4.79 Å². The van der Waals surface area contributed by atoms with Crippen LogP contribution in [0.25, 0.3) is 0 Å². The molecule has 22 heavy (non-hydrogen) atoms. The van der Waals surface area contributed by atoms with E-state index in [0.29, 0.717) is 0 Å². The van der Waals surface area contributed by atoms with Gasteiger partial charge in [0.15, 0.2) is 0 Å². The van der Waals surface area contributed by atoms with E-state index in [0.717, 1.165) is 17.0 Å². The van der Waals surface area contributed by atoms with Crippen LogP contribution in [0.5, 0.6) is 0 Å². The smallest absolute Gasteiger partial charge is 0.252 e. The molecule has 0 radical (unpaired) electrons. The first-order valence-electron chi connectivity index (χ1n) is 7.22. The molecule has 1 atom stereocenters. The minimum Gasteiger partial charge on any atom is -0.272 e. The summed E-state index contributed by atoms with van der Waals surface area (Å²) in [4.78, 5) is 12.1. The molecule has 0 heterocycles. The number of rotatable bonds is 6. The minimum atomic E-state index is -0.146. The third-order valence-corrected chi connectivity index (χ3v) is 4.45. The van der Waals surface area contributed by atoms with Crippen molar-refractivity contribution in [1.29, 1.82) is 0 Å². The maximum atomic E-state index is 12.1. The maximum Gasteiger partial charge on any atom is 0.252 e. The number of carbonyl (C=O) groups excluding carboxylic acids is 1. The molecular formula is C18H20N2OS. The first-order chi connectivity index (χ1) is 10.7. The Kier molecular flexibility index (Phi) is 6.22. The molecule has 0 unspecified atom stereocenters. The quantitative estimate of drug-likeness (QED) is 0.650. The maximum absolute atomic E-state index is 12.1. The predicted molar refractivity (Wildman–Crippen MR) is 94.0 cm³/mol. The summed E-state index contributed by atoms with van der Waals surface area (Å²) in [6, 6.07) is 19.9. The molecule has 0 aliphatic rings. The second kappa shape index (κ2) is 8.39. The van der Waals surface area contributed by atoms with Crippen molar-refractivity contribution in [3.8, 4) is 0 Å². The van der Waals surface area contributed by atoms with Crippen LogP contribution < -0.4 is 5.43 Å². The number of amides is 1. The Bertz CT molecular complexity index is 626. The molecule has 3 nitrogen and oxygen atoms in total.